The third kappa shape index (κ3) is 3.66. The molecule has 102 valence electrons. The van der Waals surface area contributed by atoms with Crippen LogP contribution in [-0.2, 0) is 0 Å². The Morgan fingerprint density at radius 3 is 2.63 bits per heavy atom. The summed E-state index contributed by atoms with van der Waals surface area (Å²) in [6.45, 7) is 5.25. The van der Waals surface area contributed by atoms with Gasteiger partial charge in [0.05, 0.1) is 24.5 Å². The fourth-order valence-electron chi connectivity index (χ4n) is 1.90. The van der Waals surface area contributed by atoms with Crippen LogP contribution < -0.4 is 5.32 Å². The summed E-state index contributed by atoms with van der Waals surface area (Å²) in [5, 5.41) is 17.2. The molecule has 1 heterocycles. The lowest BCUT2D eigenvalue weighted by molar-refractivity contribution is 0.241. The molecule has 1 aromatic carbocycles. The maximum atomic E-state index is 9.47. The van der Waals surface area contributed by atoms with Crippen molar-refractivity contribution in [3.05, 3.63) is 48.3 Å². The topological polar surface area (TPSA) is 50.1 Å². The lowest BCUT2D eigenvalue weighted by Gasteiger charge is -2.16. The highest BCUT2D eigenvalue weighted by Gasteiger charge is 2.12. The lowest BCUT2D eigenvalue weighted by Crippen LogP contribution is -2.27. The first-order chi connectivity index (χ1) is 9.20. The minimum Gasteiger partial charge on any atom is -0.394 e. The van der Waals surface area contributed by atoms with Gasteiger partial charge in [0.25, 0.3) is 0 Å². The first kappa shape index (κ1) is 13.8. The normalized spacial score (nSPS) is 12.8. The smallest absolute Gasteiger partial charge is 0.0645 e. The SMILES string of the molecule is CC(C)CNC(CO)c1cnn(-c2ccccc2)c1. The summed E-state index contributed by atoms with van der Waals surface area (Å²) < 4.78 is 1.83. The van der Waals surface area contributed by atoms with Crippen molar-refractivity contribution in [3.63, 3.8) is 0 Å². The molecule has 2 aromatic rings. The second kappa shape index (κ2) is 6.50. The molecule has 2 N–H and O–H groups in total. The van der Waals surface area contributed by atoms with Crippen molar-refractivity contribution in [1.29, 1.82) is 0 Å². The third-order valence-corrected chi connectivity index (χ3v) is 2.98. The molecule has 1 atom stereocenters. The van der Waals surface area contributed by atoms with Crippen molar-refractivity contribution in [1.82, 2.24) is 15.1 Å². The minimum absolute atomic E-state index is 0.0557. The van der Waals surface area contributed by atoms with E-state index < -0.39 is 0 Å². The molecular weight excluding hydrogens is 238 g/mol. The predicted octanol–water partition coefficient (Wildman–Crippen LogP) is 2.15. The van der Waals surface area contributed by atoms with E-state index in [0.29, 0.717) is 5.92 Å². The van der Waals surface area contributed by atoms with Gasteiger partial charge in [0.2, 0.25) is 0 Å². The fourth-order valence-corrected chi connectivity index (χ4v) is 1.90. The Bertz CT molecular complexity index is 493. The van der Waals surface area contributed by atoms with E-state index in [2.05, 4.69) is 24.3 Å². The summed E-state index contributed by atoms with van der Waals surface area (Å²) in [6.07, 6.45) is 3.77. The van der Waals surface area contributed by atoms with Crippen molar-refractivity contribution < 1.29 is 5.11 Å². The zero-order valence-electron chi connectivity index (χ0n) is 11.5. The molecule has 0 spiro atoms. The Hall–Kier alpha value is -1.65. The molecule has 0 fully saturated rings. The summed E-state index contributed by atoms with van der Waals surface area (Å²) in [7, 11) is 0. The second-order valence-corrected chi connectivity index (χ2v) is 5.09. The summed E-state index contributed by atoms with van der Waals surface area (Å²) in [5.74, 6) is 0.554. The van der Waals surface area contributed by atoms with Crippen molar-refractivity contribution in [2.75, 3.05) is 13.2 Å². The first-order valence-corrected chi connectivity index (χ1v) is 6.65. The van der Waals surface area contributed by atoms with Gasteiger partial charge in [-0.05, 0) is 24.6 Å². The van der Waals surface area contributed by atoms with Gasteiger partial charge in [0.1, 0.15) is 0 Å². The Kier molecular flexibility index (Phi) is 4.71. The first-order valence-electron chi connectivity index (χ1n) is 6.65. The van der Waals surface area contributed by atoms with Gasteiger partial charge in [-0.25, -0.2) is 4.68 Å². The van der Waals surface area contributed by atoms with Gasteiger partial charge in [-0.1, -0.05) is 32.0 Å². The zero-order chi connectivity index (χ0) is 13.7. The van der Waals surface area contributed by atoms with Gasteiger partial charge >= 0.3 is 0 Å². The Morgan fingerprint density at radius 1 is 1.26 bits per heavy atom. The number of hydrogen-bond donors (Lipinski definition) is 2. The number of aliphatic hydroxyl groups is 1. The van der Waals surface area contributed by atoms with Gasteiger partial charge in [-0.15, -0.1) is 0 Å². The standard InChI is InChI=1S/C15H21N3O/c1-12(2)8-16-15(11-19)13-9-17-18(10-13)14-6-4-3-5-7-14/h3-7,9-10,12,15-16,19H,8,11H2,1-2H3. The Morgan fingerprint density at radius 2 is 2.00 bits per heavy atom. The van der Waals surface area contributed by atoms with Crippen LogP contribution in [0.5, 0.6) is 0 Å². The molecule has 0 saturated heterocycles. The number of nitrogens with zero attached hydrogens (tertiary/aromatic N) is 2. The number of para-hydroxylation sites is 1. The average molecular weight is 259 g/mol. The molecule has 0 aliphatic heterocycles. The third-order valence-electron chi connectivity index (χ3n) is 2.98. The number of hydrogen-bond acceptors (Lipinski definition) is 3. The summed E-state index contributed by atoms with van der Waals surface area (Å²) in [4.78, 5) is 0. The van der Waals surface area contributed by atoms with Crippen molar-refractivity contribution in [2.24, 2.45) is 5.92 Å². The van der Waals surface area contributed by atoms with Gasteiger partial charge in [-0.3, -0.25) is 0 Å². The number of aliphatic hydroxyl groups excluding tert-OH is 1. The van der Waals surface area contributed by atoms with E-state index in [1.54, 1.807) is 6.20 Å². The number of rotatable bonds is 6. The van der Waals surface area contributed by atoms with Gasteiger partial charge in [0.15, 0.2) is 0 Å². The van der Waals surface area contributed by atoms with E-state index in [4.69, 9.17) is 0 Å². The molecule has 0 radical (unpaired) electrons. The second-order valence-electron chi connectivity index (χ2n) is 5.09. The molecule has 2 rings (SSSR count). The van der Waals surface area contributed by atoms with Gasteiger partial charge in [-0.2, -0.15) is 5.10 Å². The average Bonchev–Trinajstić information content (AvgIpc) is 2.90. The minimum atomic E-state index is -0.0557. The molecular formula is C15H21N3O. The van der Waals surface area contributed by atoms with Crippen molar-refractivity contribution in [2.45, 2.75) is 19.9 Å². The Labute approximate surface area is 114 Å². The summed E-state index contributed by atoms with van der Waals surface area (Å²) in [5.41, 5.74) is 2.03. The molecule has 19 heavy (non-hydrogen) atoms. The molecule has 0 bridgehead atoms. The molecule has 4 nitrogen and oxygen atoms in total. The van der Waals surface area contributed by atoms with E-state index >= 15 is 0 Å². The molecule has 0 aliphatic carbocycles. The van der Waals surface area contributed by atoms with Crippen LogP contribution in [0, 0.1) is 5.92 Å². The van der Waals surface area contributed by atoms with Crippen LogP contribution in [0.4, 0.5) is 0 Å². The predicted molar refractivity (Wildman–Crippen MR) is 76.2 cm³/mol. The van der Waals surface area contributed by atoms with Crippen LogP contribution >= 0.6 is 0 Å². The largest absolute Gasteiger partial charge is 0.394 e. The summed E-state index contributed by atoms with van der Waals surface area (Å²) in [6, 6.07) is 9.90. The van der Waals surface area contributed by atoms with Gasteiger partial charge < -0.3 is 10.4 Å². The molecule has 0 aliphatic rings. The van der Waals surface area contributed by atoms with E-state index in [9.17, 15) is 5.11 Å². The Balaban J connectivity index is 2.11. The monoisotopic (exact) mass is 259 g/mol. The number of benzene rings is 1. The maximum absolute atomic E-state index is 9.47. The molecule has 1 unspecified atom stereocenters. The maximum Gasteiger partial charge on any atom is 0.0645 e. The van der Waals surface area contributed by atoms with Crippen LogP contribution in [0.3, 0.4) is 0 Å². The molecule has 0 saturated carbocycles. The lowest BCUT2D eigenvalue weighted by atomic mass is 10.1. The van der Waals surface area contributed by atoms with Crippen LogP contribution in [0.25, 0.3) is 5.69 Å². The quantitative estimate of drug-likeness (QED) is 0.835. The zero-order valence-corrected chi connectivity index (χ0v) is 11.5. The van der Waals surface area contributed by atoms with Crippen molar-refractivity contribution >= 4 is 0 Å². The molecule has 1 aromatic heterocycles. The highest BCUT2D eigenvalue weighted by Crippen LogP contribution is 2.14. The van der Waals surface area contributed by atoms with Gasteiger partial charge in [0, 0.05) is 11.8 Å². The molecule has 4 heteroatoms. The highest BCUT2D eigenvalue weighted by molar-refractivity contribution is 5.31. The summed E-state index contributed by atoms with van der Waals surface area (Å²) >= 11 is 0. The van der Waals surface area contributed by atoms with E-state index in [0.717, 1.165) is 17.8 Å². The van der Waals surface area contributed by atoms with E-state index in [1.165, 1.54) is 0 Å². The van der Waals surface area contributed by atoms with Crippen LogP contribution in [-0.4, -0.2) is 28.0 Å². The van der Waals surface area contributed by atoms with Crippen molar-refractivity contribution in [3.8, 4) is 5.69 Å². The van der Waals surface area contributed by atoms with E-state index in [1.807, 2.05) is 41.2 Å². The van der Waals surface area contributed by atoms with E-state index in [-0.39, 0.29) is 12.6 Å². The van der Waals surface area contributed by atoms with Crippen LogP contribution in [0.1, 0.15) is 25.5 Å². The van der Waals surface area contributed by atoms with Crippen LogP contribution in [0.2, 0.25) is 0 Å². The molecule has 0 amide bonds. The highest BCUT2D eigenvalue weighted by atomic mass is 16.3. The van der Waals surface area contributed by atoms with Crippen LogP contribution in [0.15, 0.2) is 42.7 Å². The number of aromatic nitrogens is 2. The number of nitrogens with one attached hydrogen (secondary N) is 1. The fraction of sp³-hybridized carbons (Fsp3) is 0.400.